The molecule has 1 aliphatic heterocycles. The lowest BCUT2D eigenvalue weighted by Gasteiger charge is -2.28. The number of thiocarbonyl (C=S) groups is 1. The van der Waals surface area contributed by atoms with Crippen molar-refractivity contribution >= 4 is 39.6 Å². The number of benzene rings is 1. The molecule has 4 rings (SSSR count). The molecule has 0 aliphatic carbocycles. The molecule has 0 saturated carbocycles. The van der Waals surface area contributed by atoms with Gasteiger partial charge in [-0.25, -0.2) is 0 Å². The van der Waals surface area contributed by atoms with Gasteiger partial charge in [-0.05, 0) is 73.6 Å². The molecule has 176 valence electrons. The fourth-order valence-corrected chi connectivity index (χ4v) is 5.23. The van der Waals surface area contributed by atoms with Gasteiger partial charge in [0.05, 0.1) is 31.8 Å². The molecule has 1 saturated heterocycles. The monoisotopic (exact) mass is 484 g/mol. The molecule has 1 fully saturated rings. The minimum Gasteiger partial charge on any atom is -0.379 e. The summed E-state index contributed by atoms with van der Waals surface area (Å²) in [7, 11) is 0. The first-order valence-corrected chi connectivity index (χ1v) is 12.8. The van der Waals surface area contributed by atoms with Crippen LogP contribution in [0.2, 0.25) is 0 Å². The molecule has 0 unspecified atom stereocenters. The fraction of sp³-hybridized carbons (Fsp3) is 0.440. The topological polar surface area (TPSA) is 60.6 Å². The number of hydrogen-bond donors (Lipinski definition) is 2. The fourth-order valence-electron chi connectivity index (χ4n) is 4.28. The van der Waals surface area contributed by atoms with Crippen molar-refractivity contribution in [3.63, 3.8) is 0 Å². The summed E-state index contributed by atoms with van der Waals surface area (Å²) < 4.78 is 5.42. The minimum atomic E-state index is -0.0549. The Kier molecular flexibility index (Phi) is 8.14. The minimum absolute atomic E-state index is 0.0549. The van der Waals surface area contributed by atoms with E-state index in [2.05, 4.69) is 50.6 Å². The molecule has 2 N–H and O–H groups in total. The second-order valence-electron chi connectivity index (χ2n) is 8.64. The molecule has 1 aliphatic rings. The van der Waals surface area contributed by atoms with Crippen molar-refractivity contribution in [1.29, 1.82) is 0 Å². The van der Waals surface area contributed by atoms with E-state index in [0.29, 0.717) is 18.2 Å². The first-order valence-electron chi connectivity index (χ1n) is 11.5. The number of aromatic amines is 1. The third kappa shape index (κ3) is 6.41. The Hall–Kier alpha value is -2.26. The van der Waals surface area contributed by atoms with Crippen molar-refractivity contribution < 1.29 is 4.74 Å². The van der Waals surface area contributed by atoms with Crippen LogP contribution in [0.3, 0.4) is 0 Å². The van der Waals surface area contributed by atoms with Gasteiger partial charge < -0.3 is 19.9 Å². The van der Waals surface area contributed by atoms with Gasteiger partial charge in [0, 0.05) is 30.1 Å². The molecule has 0 radical (unpaired) electrons. The predicted octanol–water partition coefficient (Wildman–Crippen LogP) is 3.81. The van der Waals surface area contributed by atoms with Gasteiger partial charge in [-0.3, -0.25) is 9.69 Å². The highest BCUT2D eigenvalue weighted by Crippen LogP contribution is 2.20. The third-order valence-electron chi connectivity index (χ3n) is 5.98. The van der Waals surface area contributed by atoms with E-state index in [-0.39, 0.29) is 5.56 Å². The molecular formula is C25H32N4O2S2. The van der Waals surface area contributed by atoms with Crippen LogP contribution < -0.4 is 10.9 Å². The summed E-state index contributed by atoms with van der Waals surface area (Å²) >= 11 is 7.48. The Labute approximate surface area is 204 Å². The zero-order chi connectivity index (χ0) is 23.2. The summed E-state index contributed by atoms with van der Waals surface area (Å²) in [6.07, 6.45) is 1.02. The van der Waals surface area contributed by atoms with E-state index in [1.165, 1.54) is 10.4 Å². The number of aromatic nitrogens is 1. The van der Waals surface area contributed by atoms with Crippen LogP contribution in [0.1, 0.15) is 28.0 Å². The molecule has 2 aromatic heterocycles. The van der Waals surface area contributed by atoms with Gasteiger partial charge in [0.2, 0.25) is 0 Å². The molecule has 33 heavy (non-hydrogen) atoms. The summed E-state index contributed by atoms with van der Waals surface area (Å²) in [5.41, 5.74) is 3.85. The van der Waals surface area contributed by atoms with Gasteiger partial charge in [0.25, 0.3) is 5.56 Å². The molecule has 0 atom stereocenters. The van der Waals surface area contributed by atoms with Crippen molar-refractivity contribution in [2.45, 2.75) is 33.4 Å². The highest BCUT2D eigenvalue weighted by Gasteiger charge is 2.16. The molecule has 0 bridgehead atoms. The number of nitrogens with one attached hydrogen (secondary N) is 2. The van der Waals surface area contributed by atoms with Gasteiger partial charge in [-0.15, -0.1) is 11.3 Å². The van der Waals surface area contributed by atoms with E-state index in [4.69, 9.17) is 17.0 Å². The average molecular weight is 485 g/mol. The smallest absolute Gasteiger partial charge is 0.253 e. The summed E-state index contributed by atoms with van der Waals surface area (Å²) in [6, 6.07) is 10.4. The maximum atomic E-state index is 12.9. The number of rotatable bonds is 8. The molecule has 6 nitrogen and oxygen atoms in total. The summed E-state index contributed by atoms with van der Waals surface area (Å²) in [6.45, 7) is 10.7. The average Bonchev–Trinajstić information content (AvgIpc) is 3.31. The Morgan fingerprint density at radius 3 is 2.82 bits per heavy atom. The van der Waals surface area contributed by atoms with Crippen LogP contribution in [-0.4, -0.2) is 59.3 Å². The maximum Gasteiger partial charge on any atom is 0.253 e. The van der Waals surface area contributed by atoms with Crippen LogP contribution in [0, 0.1) is 13.8 Å². The third-order valence-corrected chi connectivity index (χ3v) is 7.24. The number of ether oxygens (including phenoxy) is 1. The summed E-state index contributed by atoms with van der Waals surface area (Å²) in [5, 5.41) is 7.24. The van der Waals surface area contributed by atoms with Crippen molar-refractivity contribution in [1.82, 2.24) is 20.1 Å². The van der Waals surface area contributed by atoms with E-state index in [9.17, 15) is 4.79 Å². The number of aryl methyl sites for hydroxylation is 2. The highest BCUT2D eigenvalue weighted by molar-refractivity contribution is 7.80. The predicted molar refractivity (Wildman–Crippen MR) is 140 cm³/mol. The number of fused-ring (bicyclic) bond motifs is 1. The van der Waals surface area contributed by atoms with E-state index < -0.39 is 0 Å². The number of H-pyrrole nitrogens is 1. The molecule has 8 heteroatoms. The van der Waals surface area contributed by atoms with Crippen LogP contribution in [0.5, 0.6) is 0 Å². The zero-order valence-corrected chi connectivity index (χ0v) is 21.0. The molecule has 1 aromatic carbocycles. The Morgan fingerprint density at radius 2 is 2.06 bits per heavy atom. The van der Waals surface area contributed by atoms with Crippen LogP contribution in [-0.2, 0) is 17.8 Å². The number of pyridine rings is 1. The second-order valence-corrected chi connectivity index (χ2v) is 10.1. The SMILES string of the molecule is Cc1cc(C)c2[nH]c(=O)c(CN(Cc3cccs3)C(=S)NCCCN3CCOCC3)cc2c1. The van der Waals surface area contributed by atoms with Crippen molar-refractivity contribution in [2.75, 3.05) is 39.4 Å². The molecule has 0 spiro atoms. The lowest BCUT2D eigenvalue weighted by atomic mass is 10.1. The second kappa shape index (κ2) is 11.2. The van der Waals surface area contributed by atoms with Crippen LogP contribution in [0.15, 0.2) is 40.5 Å². The molecule has 0 amide bonds. The van der Waals surface area contributed by atoms with E-state index in [0.717, 1.165) is 67.8 Å². The highest BCUT2D eigenvalue weighted by atomic mass is 32.1. The summed E-state index contributed by atoms with van der Waals surface area (Å²) in [5.74, 6) is 0. The molecule has 3 heterocycles. The molecular weight excluding hydrogens is 452 g/mol. The maximum absolute atomic E-state index is 12.9. The Balaban J connectivity index is 1.45. The van der Waals surface area contributed by atoms with Crippen molar-refractivity contribution in [3.8, 4) is 0 Å². The number of hydrogen-bond acceptors (Lipinski definition) is 5. The van der Waals surface area contributed by atoms with Gasteiger partial charge in [-0.1, -0.05) is 17.7 Å². The Bertz CT molecular complexity index is 1140. The number of thiophene rings is 1. The van der Waals surface area contributed by atoms with Crippen LogP contribution >= 0.6 is 23.6 Å². The first-order chi connectivity index (χ1) is 16.0. The van der Waals surface area contributed by atoms with Gasteiger partial charge in [0.15, 0.2) is 5.11 Å². The zero-order valence-electron chi connectivity index (χ0n) is 19.4. The first kappa shape index (κ1) is 23.9. The Morgan fingerprint density at radius 1 is 1.24 bits per heavy atom. The summed E-state index contributed by atoms with van der Waals surface area (Å²) in [4.78, 5) is 21.7. The van der Waals surface area contributed by atoms with E-state index in [1.54, 1.807) is 11.3 Å². The van der Waals surface area contributed by atoms with E-state index >= 15 is 0 Å². The van der Waals surface area contributed by atoms with Gasteiger partial charge >= 0.3 is 0 Å². The normalized spacial score (nSPS) is 14.5. The quantitative estimate of drug-likeness (QED) is 0.375. The van der Waals surface area contributed by atoms with E-state index in [1.807, 2.05) is 19.1 Å². The lowest BCUT2D eigenvalue weighted by molar-refractivity contribution is 0.0376. The number of morpholine rings is 1. The lowest BCUT2D eigenvalue weighted by Crippen LogP contribution is -2.41. The van der Waals surface area contributed by atoms with Gasteiger partial charge in [0.1, 0.15) is 0 Å². The van der Waals surface area contributed by atoms with Crippen LogP contribution in [0.4, 0.5) is 0 Å². The number of nitrogens with zero attached hydrogens (tertiary/aromatic N) is 2. The van der Waals surface area contributed by atoms with Crippen molar-refractivity contribution in [2.24, 2.45) is 0 Å². The van der Waals surface area contributed by atoms with Gasteiger partial charge in [-0.2, -0.15) is 0 Å². The van der Waals surface area contributed by atoms with Crippen molar-refractivity contribution in [3.05, 3.63) is 67.6 Å². The molecule has 3 aromatic rings. The van der Waals surface area contributed by atoms with Crippen LogP contribution in [0.25, 0.3) is 10.9 Å². The largest absolute Gasteiger partial charge is 0.379 e. The standard InChI is InChI=1S/C25H32N4O2S2/c1-18-13-19(2)23-20(14-18)15-21(24(30)27-23)16-29(17-22-5-3-12-33-22)25(32)26-6-4-7-28-8-10-31-11-9-28/h3,5,12-15H,4,6-11,16-17H2,1-2H3,(H,26,32)(H,27,30).